The minimum absolute atomic E-state index is 0.264. The van der Waals surface area contributed by atoms with Gasteiger partial charge in [0.2, 0.25) is 0 Å². The molecule has 5 heteroatoms. The molecule has 3 nitrogen and oxygen atoms in total. The van der Waals surface area contributed by atoms with Crippen LogP contribution in [0.4, 0.5) is 0 Å². The maximum atomic E-state index is 6.07. The van der Waals surface area contributed by atoms with E-state index in [1.54, 1.807) is 0 Å². The van der Waals surface area contributed by atoms with Gasteiger partial charge in [-0.1, -0.05) is 158 Å². The van der Waals surface area contributed by atoms with Crippen LogP contribution in [0.2, 0.25) is 0 Å². The van der Waals surface area contributed by atoms with Crippen LogP contribution in [0.3, 0.4) is 0 Å². The Bertz CT molecular complexity index is 1660. The fourth-order valence-electron chi connectivity index (χ4n) is 5.99. The predicted octanol–water partition coefficient (Wildman–Crippen LogP) is 7.40. The van der Waals surface area contributed by atoms with Gasteiger partial charge in [-0.2, -0.15) is 0 Å². The van der Waals surface area contributed by atoms with Crippen molar-refractivity contribution < 1.29 is 4.74 Å². The third-order valence-electron chi connectivity index (χ3n) is 8.28. The summed E-state index contributed by atoms with van der Waals surface area (Å²) in [6, 6.07) is 51.3. The van der Waals surface area contributed by atoms with Crippen LogP contribution in [-0.2, 0) is 5.16 Å². The standard InChI is InChI=1S/C27H30N2OSi.C14H13B/c1-2-3-10-20-30-25-16-11-17-26(21-25)31-27(29-19-18-28-22-29,23-12-6-4-7-13-23)24-14-8-5-9-15-24;15-11-14(12-7-3-1-4-8-12)13-9-5-2-6-10-13/h4-9,11-19,21-22H,2-3,10,20,31H2,1H3;1-11H,15H2. The summed E-state index contributed by atoms with van der Waals surface area (Å²) in [7, 11) is 1.20. The van der Waals surface area contributed by atoms with Gasteiger partial charge in [0.05, 0.1) is 27.6 Å². The summed E-state index contributed by atoms with van der Waals surface area (Å²) < 4.78 is 8.36. The molecule has 0 amide bonds. The number of ether oxygens (including phenoxy) is 1. The second-order valence-electron chi connectivity index (χ2n) is 11.4. The normalized spacial score (nSPS) is 11.1. The molecule has 0 aliphatic heterocycles. The zero-order valence-electron chi connectivity index (χ0n) is 27.0. The highest BCUT2D eigenvalue weighted by Crippen LogP contribution is 2.33. The Kier molecular flexibility index (Phi) is 12.0. The van der Waals surface area contributed by atoms with Crippen molar-refractivity contribution in [1.29, 1.82) is 0 Å². The van der Waals surface area contributed by atoms with Gasteiger partial charge in [0.25, 0.3) is 0 Å². The third kappa shape index (κ3) is 8.23. The number of aromatic nitrogens is 2. The second-order valence-corrected chi connectivity index (χ2v) is 13.6. The molecule has 1 heterocycles. The molecule has 1 aromatic heterocycles. The van der Waals surface area contributed by atoms with Gasteiger partial charge in [0.15, 0.2) is 0 Å². The minimum atomic E-state index is -0.881. The molecule has 0 bridgehead atoms. The molecule has 0 aliphatic carbocycles. The van der Waals surface area contributed by atoms with E-state index in [-0.39, 0.29) is 5.16 Å². The molecule has 46 heavy (non-hydrogen) atoms. The van der Waals surface area contributed by atoms with Gasteiger partial charge in [-0.05, 0) is 46.4 Å². The maximum absolute atomic E-state index is 6.07. The van der Waals surface area contributed by atoms with Gasteiger partial charge >= 0.3 is 0 Å². The van der Waals surface area contributed by atoms with Gasteiger partial charge in [-0.3, -0.25) is 0 Å². The largest absolute Gasteiger partial charge is 0.494 e. The van der Waals surface area contributed by atoms with Crippen molar-refractivity contribution in [1.82, 2.24) is 9.55 Å². The zero-order chi connectivity index (χ0) is 31.9. The second kappa shape index (κ2) is 17.0. The molecule has 0 unspecified atom stereocenters. The van der Waals surface area contributed by atoms with Crippen LogP contribution in [0, 0.1) is 0 Å². The number of benzene rings is 5. The predicted molar refractivity (Wildman–Crippen MR) is 199 cm³/mol. The smallest absolute Gasteiger partial charge is 0.130 e. The number of hydrogen-bond acceptors (Lipinski definition) is 2. The van der Waals surface area contributed by atoms with Crippen LogP contribution in [0.1, 0.15) is 48.4 Å². The van der Waals surface area contributed by atoms with Crippen LogP contribution in [0.5, 0.6) is 5.75 Å². The lowest BCUT2D eigenvalue weighted by atomic mass is 9.92. The van der Waals surface area contributed by atoms with Gasteiger partial charge in [-0.15, -0.1) is 5.98 Å². The highest BCUT2D eigenvalue weighted by Gasteiger charge is 2.36. The molecule has 0 atom stereocenters. The average Bonchev–Trinajstić information content (AvgIpc) is 3.67. The van der Waals surface area contributed by atoms with E-state index in [2.05, 4.69) is 170 Å². The van der Waals surface area contributed by atoms with Crippen LogP contribution in [0.15, 0.2) is 170 Å². The van der Waals surface area contributed by atoms with E-state index in [0.717, 1.165) is 18.8 Å². The number of hydrogen-bond donors (Lipinski definition) is 0. The quantitative estimate of drug-likeness (QED) is 0.106. The molecular formula is C41H43BN2OSi. The van der Waals surface area contributed by atoms with E-state index in [4.69, 9.17) is 4.74 Å². The summed E-state index contributed by atoms with van der Waals surface area (Å²) in [6.07, 6.45) is 9.45. The number of unbranched alkanes of at least 4 members (excludes halogenated alkanes) is 2. The fourth-order valence-corrected chi connectivity index (χ4v) is 8.39. The van der Waals surface area contributed by atoms with Crippen LogP contribution < -0.4 is 9.92 Å². The summed E-state index contributed by atoms with van der Waals surface area (Å²) >= 11 is 0. The SMILES string of the molecule is BC=C(c1ccccc1)c1ccccc1.CCCCCOc1cccc([SiH2]C(c2ccccc2)(c2ccccc2)n2ccnc2)c1. The Morgan fingerprint density at radius 2 is 1.30 bits per heavy atom. The number of rotatable bonds is 12. The lowest BCUT2D eigenvalue weighted by Crippen LogP contribution is -2.46. The molecule has 6 rings (SSSR count). The van der Waals surface area contributed by atoms with Crippen molar-refractivity contribution >= 4 is 28.1 Å². The molecule has 0 spiro atoms. The summed E-state index contributed by atoms with van der Waals surface area (Å²) in [5.74, 6) is 3.13. The van der Waals surface area contributed by atoms with Crippen LogP contribution >= 0.6 is 0 Å². The Labute approximate surface area is 277 Å². The molecular weight excluding hydrogens is 575 g/mol. The number of imidazole rings is 1. The van der Waals surface area contributed by atoms with Gasteiger partial charge in [-0.25, -0.2) is 4.98 Å². The molecule has 5 aromatic carbocycles. The molecule has 230 valence electrons. The lowest BCUT2D eigenvalue weighted by Gasteiger charge is -2.37. The minimum Gasteiger partial charge on any atom is -0.494 e. The third-order valence-corrected chi connectivity index (χ3v) is 10.8. The molecule has 0 aliphatic rings. The fraction of sp³-hybridized carbons (Fsp3) is 0.146. The monoisotopic (exact) mass is 618 g/mol. The Morgan fingerprint density at radius 3 is 1.80 bits per heavy atom. The Hall–Kier alpha value is -4.87. The molecule has 6 aromatic rings. The molecule has 0 N–H and O–H groups in total. The summed E-state index contributed by atoms with van der Waals surface area (Å²) in [6.45, 7) is 3.00. The first-order valence-corrected chi connectivity index (χ1v) is 17.7. The Balaban J connectivity index is 0.000000232. The molecule has 0 radical (unpaired) electrons. The zero-order valence-corrected chi connectivity index (χ0v) is 28.4. The van der Waals surface area contributed by atoms with Gasteiger partial charge < -0.3 is 9.30 Å². The summed E-state index contributed by atoms with van der Waals surface area (Å²) in [4.78, 5) is 4.42. The van der Waals surface area contributed by atoms with Crippen LogP contribution in [-0.4, -0.2) is 33.5 Å². The van der Waals surface area contributed by atoms with Crippen molar-refractivity contribution in [3.05, 3.63) is 193 Å². The summed E-state index contributed by atoms with van der Waals surface area (Å²) in [5, 5.41) is 1.11. The van der Waals surface area contributed by atoms with Crippen molar-refractivity contribution in [2.24, 2.45) is 0 Å². The molecule has 0 saturated carbocycles. The first-order valence-electron chi connectivity index (χ1n) is 16.3. The van der Waals surface area contributed by atoms with E-state index in [9.17, 15) is 0 Å². The number of nitrogens with zero attached hydrogens (tertiary/aromatic N) is 2. The van der Waals surface area contributed by atoms with Gasteiger partial charge in [0, 0.05) is 12.4 Å². The molecule has 0 fully saturated rings. The first kappa shape index (κ1) is 32.5. The van der Waals surface area contributed by atoms with E-state index < -0.39 is 9.52 Å². The van der Waals surface area contributed by atoms with E-state index >= 15 is 0 Å². The van der Waals surface area contributed by atoms with E-state index in [1.165, 1.54) is 45.9 Å². The van der Waals surface area contributed by atoms with Crippen molar-refractivity contribution in [3.63, 3.8) is 0 Å². The lowest BCUT2D eigenvalue weighted by molar-refractivity contribution is 0.306. The topological polar surface area (TPSA) is 27.1 Å². The highest BCUT2D eigenvalue weighted by molar-refractivity contribution is 6.57. The van der Waals surface area contributed by atoms with E-state index in [1.807, 2.05) is 24.7 Å². The summed E-state index contributed by atoms with van der Waals surface area (Å²) in [5.41, 5.74) is 6.41. The Morgan fingerprint density at radius 1 is 0.739 bits per heavy atom. The van der Waals surface area contributed by atoms with Crippen LogP contribution in [0.25, 0.3) is 5.57 Å². The first-order chi connectivity index (χ1) is 22.7. The van der Waals surface area contributed by atoms with Crippen molar-refractivity contribution in [2.75, 3.05) is 6.61 Å². The highest BCUT2D eigenvalue weighted by atomic mass is 28.2. The van der Waals surface area contributed by atoms with Crippen molar-refractivity contribution in [2.45, 2.75) is 31.3 Å². The maximum Gasteiger partial charge on any atom is 0.130 e. The van der Waals surface area contributed by atoms with E-state index in [0.29, 0.717) is 0 Å². The average molecular weight is 619 g/mol. The molecule has 0 saturated heterocycles. The van der Waals surface area contributed by atoms with Crippen molar-refractivity contribution in [3.8, 4) is 5.75 Å². The van der Waals surface area contributed by atoms with Gasteiger partial charge in [0.1, 0.15) is 13.6 Å².